The molecule has 9 heteroatoms. The fourth-order valence-electron chi connectivity index (χ4n) is 3.34. The van der Waals surface area contributed by atoms with Gasteiger partial charge in [-0.25, -0.2) is 5.43 Å². The third kappa shape index (κ3) is 6.84. The highest BCUT2D eigenvalue weighted by atomic mass is 16.5. The number of hydrogen-bond acceptors (Lipinski definition) is 6. The highest BCUT2D eigenvalue weighted by Gasteiger charge is 2.22. The topological polar surface area (TPSA) is 109 Å². The molecule has 30 heavy (non-hydrogen) atoms. The van der Waals surface area contributed by atoms with Crippen LogP contribution in [0.15, 0.2) is 29.4 Å². The minimum absolute atomic E-state index is 0.0746. The zero-order valence-electron chi connectivity index (χ0n) is 17.0. The van der Waals surface area contributed by atoms with E-state index >= 15 is 0 Å². The molecule has 3 rings (SSSR count). The van der Waals surface area contributed by atoms with Crippen molar-refractivity contribution in [3.63, 3.8) is 0 Å². The molecule has 0 aromatic heterocycles. The summed E-state index contributed by atoms with van der Waals surface area (Å²) in [4.78, 5) is 37.3. The third-order valence-electron chi connectivity index (χ3n) is 5.02. The van der Waals surface area contributed by atoms with Crippen molar-refractivity contribution in [1.82, 2.24) is 15.6 Å². The summed E-state index contributed by atoms with van der Waals surface area (Å²) in [5, 5.41) is 6.63. The van der Waals surface area contributed by atoms with Crippen LogP contribution in [0.5, 0.6) is 5.75 Å². The quantitative estimate of drug-likeness (QED) is 0.389. The molecule has 9 nitrogen and oxygen atoms in total. The number of hydrogen-bond donors (Lipinski definition) is 2. The van der Waals surface area contributed by atoms with E-state index in [2.05, 4.69) is 15.8 Å². The maximum Gasteiger partial charge on any atom is 0.329 e. The number of amides is 3. The van der Waals surface area contributed by atoms with Gasteiger partial charge in [0.2, 0.25) is 0 Å². The molecular weight excluding hydrogens is 388 g/mol. The molecule has 0 bridgehead atoms. The van der Waals surface area contributed by atoms with Gasteiger partial charge in [-0.2, -0.15) is 5.10 Å². The van der Waals surface area contributed by atoms with Crippen molar-refractivity contribution >= 4 is 23.9 Å². The Bertz CT molecular complexity index is 753. The third-order valence-corrected chi connectivity index (χ3v) is 5.02. The monoisotopic (exact) mass is 416 g/mol. The van der Waals surface area contributed by atoms with Crippen molar-refractivity contribution in [2.45, 2.75) is 38.2 Å². The summed E-state index contributed by atoms with van der Waals surface area (Å²) in [7, 11) is 0. The van der Waals surface area contributed by atoms with Crippen molar-refractivity contribution in [3.8, 4) is 5.75 Å². The lowest BCUT2D eigenvalue weighted by Gasteiger charge is -2.25. The Kier molecular flexibility index (Phi) is 8.20. The predicted octanol–water partition coefficient (Wildman–Crippen LogP) is 0.823. The molecule has 2 saturated heterocycles. The summed E-state index contributed by atoms with van der Waals surface area (Å²) >= 11 is 0. The van der Waals surface area contributed by atoms with Gasteiger partial charge in [0.25, 0.3) is 5.91 Å². The number of benzene rings is 1. The number of piperidine rings is 1. The number of carbonyl (C=O) groups is 3. The Morgan fingerprint density at radius 2 is 1.90 bits per heavy atom. The fourth-order valence-corrected chi connectivity index (χ4v) is 3.34. The molecule has 2 fully saturated rings. The van der Waals surface area contributed by atoms with Crippen LogP contribution >= 0.6 is 0 Å². The molecule has 2 heterocycles. The fraction of sp³-hybridized carbons (Fsp3) is 0.524. The van der Waals surface area contributed by atoms with Crippen LogP contribution in [0.3, 0.4) is 0 Å². The maximum absolute atomic E-state index is 12.0. The van der Waals surface area contributed by atoms with Gasteiger partial charge in [0.15, 0.2) is 6.61 Å². The van der Waals surface area contributed by atoms with Gasteiger partial charge in [-0.15, -0.1) is 0 Å². The lowest BCUT2D eigenvalue weighted by Crippen LogP contribution is -2.43. The normalized spacial score (nSPS) is 18.9. The number of ether oxygens (including phenoxy) is 2. The number of nitrogens with one attached hydrogen (secondary N) is 2. The first-order chi connectivity index (χ1) is 14.6. The number of hydrazone groups is 1. The van der Waals surface area contributed by atoms with E-state index in [0.717, 1.165) is 44.3 Å². The van der Waals surface area contributed by atoms with Crippen molar-refractivity contribution in [3.05, 3.63) is 29.8 Å². The van der Waals surface area contributed by atoms with Gasteiger partial charge < -0.3 is 19.7 Å². The first-order valence-electron chi connectivity index (χ1n) is 10.4. The molecule has 0 spiro atoms. The van der Waals surface area contributed by atoms with Crippen LogP contribution in [-0.4, -0.2) is 67.8 Å². The van der Waals surface area contributed by atoms with Crippen molar-refractivity contribution in [2.24, 2.45) is 5.10 Å². The average Bonchev–Trinajstić information content (AvgIpc) is 3.31. The molecule has 2 N–H and O–H groups in total. The molecule has 2 aliphatic rings. The van der Waals surface area contributed by atoms with Crippen molar-refractivity contribution in [2.75, 3.05) is 32.8 Å². The number of likely N-dealkylation sites (tertiary alicyclic amines) is 1. The van der Waals surface area contributed by atoms with E-state index in [-0.39, 0.29) is 18.6 Å². The summed E-state index contributed by atoms with van der Waals surface area (Å²) in [5.74, 6) is -0.934. The van der Waals surface area contributed by atoms with Crippen LogP contribution in [0.25, 0.3) is 0 Å². The summed E-state index contributed by atoms with van der Waals surface area (Å²) in [5.41, 5.74) is 2.98. The predicted molar refractivity (Wildman–Crippen MR) is 110 cm³/mol. The van der Waals surface area contributed by atoms with Crippen LogP contribution in [0, 0.1) is 0 Å². The lowest BCUT2D eigenvalue weighted by atomic mass is 10.1. The van der Waals surface area contributed by atoms with Crippen molar-refractivity contribution < 1.29 is 23.9 Å². The van der Waals surface area contributed by atoms with Crippen molar-refractivity contribution in [1.29, 1.82) is 0 Å². The molecule has 0 aliphatic carbocycles. The molecule has 1 aromatic rings. The standard InChI is InChI=1S/C21H28N4O5/c26-19(22-14-18-5-4-12-29-18)15-30-17-8-6-16(7-9-17)13-23-24-20(27)21(28)25-10-2-1-3-11-25/h6-9,13,18H,1-5,10-12,14-15H2,(H,22,26)(H,24,27)/b23-13-/t18-/m0/s1. The second kappa shape index (κ2) is 11.3. The highest BCUT2D eigenvalue weighted by Crippen LogP contribution is 2.12. The van der Waals surface area contributed by atoms with E-state index < -0.39 is 11.8 Å². The van der Waals surface area contributed by atoms with E-state index in [4.69, 9.17) is 9.47 Å². The molecule has 2 aliphatic heterocycles. The highest BCUT2D eigenvalue weighted by molar-refractivity contribution is 6.35. The molecule has 0 saturated carbocycles. The van der Waals surface area contributed by atoms with Crippen LogP contribution in [-0.2, 0) is 19.1 Å². The van der Waals surface area contributed by atoms with E-state index in [9.17, 15) is 14.4 Å². The number of rotatable bonds is 7. The van der Waals surface area contributed by atoms with Gasteiger partial charge >= 0.3 is 11.8 Å². The van der Waals surface area contributed by atoms with Gasteiger partial charge in [0.1, 0.15) is 5.75 Å². The Hall–Kier alpha value is -2.94. The Labute approximate surface area is 175 Å². The van der Waals surface area contributed by atoms with Crippen LogP contribution in [0.4, 0.5) is 0 Å². The first-order valence-corrected chi connectivity index (χ1v) is 10.4. The Balaban J connectivity index is 1.36. The summed E-state index contributed by atoms with van der Waals surface area (Å²) in [6.07, 6.45) is 6.48. The molecule has 0 unspecified atom stereocenters. The van der Waals surface area contributed by atoms with Crippen LogP contribution in [0.2, 0.25) is 0 Å². The SMILES string of the molecule is O=C(COc1ccc(/C=N\NC(=O)C(=O)N2CCCCC2)cc1)NC[C@@H]1CCCO1. The summed E-state index contributed by atoms with van der Waals surface area (Å²) < 4.78 is 10.9. The molecule has 1 aromatic carbocycles. The largest absolute Gasteiger partial charge is 0.484 e. The smallest absolute Gasteiger partial charge is 0.329 e. The minimum Gasteiger partial charge on any atom is -0.484 e. The minimum atomic E-state index is -0.734. The molecule has 3 amide bonds. The second-order valence-corrected chi connectivity index (χ2v) is 7.35. The molecule has 1 atom stereocenters. The molecule has 0 radical (unpaired) electrons. The first kappa shape index (κ1) is 21.8. The average molecular weight is 416 g/mol. The summed E-state index contributed by atoms with van der Waals surface area (Å²) in [6.45, 7) is 2.41. The van der Waals surface area contributed by atoms with Gasteiger partial charge in [-0.05, 0) is 61.9 Å². The van der Waals surface area contributed by atoms with Gasteiger partial charge in [-0.3, -0.25) is 14.4 Å². The zero-order valence-corrected chi connectivity index (χ0v) is 17.0. The molecular formula is C21H28N4O5. The lowest BCUT2D eigenvalue weighted by molar-refractivity contribution is -0.146. The maximum atomic E-state index is 12.0. The van der Waals surface area contributed by atoms with E-state index in [0.29, 0.717) is 25.4 Å². The van der Waals surface area contributed by atoms with E-state index in [1.165, 1.54) is 6.21 Å². The van der Waals surface area contributed by atoms with Crippen LogP contribution < -0.4 is 15.5 Å². The zero-order chi connectivity index (χ0) is 21.2. The van der Waals surface area contributed by atoms with Crippen LogP contribution in [0.1, 0.15) is 37.7 Å². The van der Waals surface area contributed by atoms with Gasteiger partial charge in [0.05, 0.1) is 12.3 Å². The van der Waals surface area contributed by atoms with Gasteiger partial charge in [0, 0.05) is 26.2 Å². The van der Waals surface area contributed by atoms with Gasteiger partial charge in [-0.1, -0.05) is 0 Å². The second-order valence-electron chi connectivity index (χ2n) is 7.35. The Morgan fingerprint density at radius 3 is 2.60 bits per heavy atom. The number of nitrogens with zero attached hydrogens (tertiary/aromatic N) is 2. The van der Waals surface area contributed by atoms with E-state index in [1.807, 2.05) is 0 Å². The summed E-state index contributed by atoms with van der Waals surface area (Å²) in [6, 6.07) is 6.88. The Morgan fingerprint density at radius 1 is 1.13 bits per heavy atom. The number of carbonyl (C=O) groups excluding carboxylic acids is 3. The molecule has 162 valence electrons. The van der Waals surface area contributed by atoms with E-state index in [1.54, 1.807) is 29.2 Å².